The number of hydrogen-bond acceptors (Lipinski definition) is 27. The second kappa shape index (κ2) is 57.3. The molecule has 141 heavy (non-hydrogen) atoms. The fourth-order valence-corrected chi connectivity index (χ4v) is 14.1. The van der Waals surface area contributed by atoms with Gasteiger partial charge in [0.25, 0.3) is 28.5 Å². The topological polar surface area (TPSA) is 552 Å². The van der Waals surface area contributed by atoms with E-state index < -0.39 is 82.3 Å². The number of halogens is 3. The van der Waals surface area contributed by atoms with E-state index >= 15 is 0 Å². The molecule has 720 valence electrons. The van der Waals surface area contributed by atoms with E-state index in [-0.39, 0.29) is 104 Å². The van der Waals surface area contributed by atoms with Crippen molar-refractivity contribution in [1.29, 1.82) is 0 Å². The predicted octanol–water partition coefficient (Wildman–Crippen LogP) is 4.52. The first-order valence-corrected chi connectivity index (χ1v) is 43.2. The van der Waals surface area contributed by atoms with E-state index in [4.69, 9.17) is 17.9 Å². The average Bonchev–Trinajstić information content (AvgIpc) is 0.780. The Morgan fingerprint density at radius 3 is 1.20 bits per heavy atom. The number of urea groups is 1. The number of esters is 3. The van der Waals surface area contributed by atoms with Crippen LogP contribution < -0.4 is 157 Å². The summed E-state index contributed by atoms with van der Waals surface area (Å²) in [5.41, 5.74) is 12.8. The van der Waals surface area contributed by atoms with Crippen LogP contribution in [-0.4, -0.2) is 198 Å². The van der Waals surface area contributed by atoms with Gasteiger partial charge in [0.2, 0.25) is 17.8 Å². The Morgan fingerprint density at radius 2 is 0.809 bits per heavy atom. The molecular formula is C98H95Br2FKN18NaO20. The molecule has 0 spiro atoms. The van der Waals surface area contributed by atoms with Gasteiger partial charge in [-0.1, -0.05) is 112 Å². The number of carboxylic acid groups (broad SMARTS) is 1. The Kier molecular flexibility index (Phi) is 46.2. The molecule has 7 heterocycles. The van der Waals surface area contributed by atoms with Crippen LogP contribution in [0, 0.1) is 0 Å². The maximum atomic E-state index is 13.2. The first-order chi connectivity index (χ1) is 66.6. The zero-order valence-electron chi connectivity index (χ0n) is 78.4. The summed E-state index contributed by atoms with van der Waals surface area (Å²) in [5, 5.41) is 28.3. The minimum atomic E-state index is -1.08. The Bertz CT molecular complexity index is 7250. The van der Waals surface area contributed by atoms with Crippen LogP contribution in [0.1, 0.15) is 94.6 Å². The predicted molar refractivity (Wildman–Crippen MR) is 528 cm³/mol. The van der Waals surface area contributed by atoms with E-state index in [2.05, 4.69) is 102 Å². The van der Waals surface area contributed by atoms with Gasteiger partial charge in [0.1, 0.15) is 0 Å². The Morgan fingerprint density at radius 1 is 0.468 bits per heavy atom. The van der Waals surface area contributed by atoms with Crippen LogP contribution in [-0.2, 0) is 14.2 Å². The van der Waals surface area contributed by atoms with Gasteiger partial charge in [-0.3, -0.25) is 67.1 Å². The number of H-pyrrole nitrogens is 3. The van der Waals surface area contributed by atoms with Gasteiger partial charge >= 0.3 is 128 Å². The molecule has 2 aliphatic heterocycles. The zero-order chi connectivity index (χ0) is 101. The number of aromatic carboxylic acids is 1. The van der Waals surface area contributed by atoms with Gasteiger partial charge in [-0.25, -0.2) is 58.3 Å². The van der Waals surface area contributed by atoms with Crippen LogP contribution in [0.15, 0.2) is 317 Å². The molecule has 5 amide bonds. The smallest absolute Gasteiger partial charge is 0.870 e. The molecule has 0 saturated carbocycles. The molecule has 2 aliphatic rings. The standard InChI is InChI=1S/C23H20N6O3.C16H13BrN2O4.C16H12N2O4.C15H10N2O4.C8H12N4.C8H9NO2.C7H6BrNO.C4H9O.CH3F.K.Na.H2O/c30-20-18-7-1-2-8-19(18)29(23(32)26-20)17-6-3-5-16(15-17)21(31)27-11-13-28(14-12-27)22-24-9-4-10-25-22;1-23-15(21)10-5-4-6-11(9-10)18-16(22)19-14(20)12-7-2-3-8-13(12)17;1-22-15(20)10-5-4-6-11(9-10)18-13-8-3-2-7-12(13)14(19)17-16(18)21;18-13-11-6-1-2-7-12(11)17(15(21)16-13)10-5-3-4-9(8-10)14(19)20;1-2-10-8(11-3-1)12-6-4-9-5-7-12;1-11-8(10)6-3-2-4-7(9)5-6;8-6-4-2-1-3-5(6)7(9)10;1-4(2,3)5;1-2;;;/h1-10,15H,11-14H2,(H,26,30,32);2-9H,1H3,(H2,18,19,20,22);2-9H,1H3,(H,17,19,21);1-8H,(H,19,20)(H,16,18,21);1-3,9H,4-7H2;2-5H,9H2,1H3;1-4H,(H2,9,10);1-3H3;1H3;;;1H2/q;;;;;;;-1;;2*+1;/p-1/i;;;;;;;;1D;;;. The number of aromatic nitrogens is 10. The number of carbonyl (C=O) groups excluding carboxylic acids is 7. The Balaban J connectivity index is 0.000000257. The van der Waals surface area contributed by atoms with Crippen LogP contribution >= 0.6 is 31.9 Å². The summed E-state index contributed by atoms with van der Waals surface area (Å²) in [4.78, 5) is 195. The Hall–Kier alpha value is -14.3. The van der Waals surface area contributed by atoms with E-state index in [9.17, 15) is 76.6 Å². The third kappa shape index (κ3) is 33.8. The number of benzene rings is 10. The molecule has 0 atom stereocenters. The minimum Gasteiger partial charge on any atom is -0.870 e. The van der Waals surface area contributed by atoms with Gasteiger partial charge in [-0.15, -0.1) is 5.60 Å². The number of alkyl halides is 1. The quantitative estimate of drug-likeness (QED) is 0.0331. The molecule has 38 nitrogen and oxygen atoms in total. The number of fused-ring (bicyclic) bond motifs is 3. The van der Waals surface area contributed by atoms with E-state index in [0.717, 1.165) is 36.6 Å². The first-order valence-electron chi connectivity index (χ1n) is 42.3. The van der Waals surface area contributed by atoms with Crippen molar-refractivity contribution in [2.45, 2.75) is 26.4 Å². The number of carbonyl (C=O) groups is 8. The third-order valence-corrected chi connectivity index (χ3v) is 20.7. The summed E-state index contributed by atoms with van der Waals surface area (Å²) in [6, 6.07) is 69.2. The number of hydrogen-bond donors (Lipinski definition) is 9. The first kappa shape index (κ1) is 114. The number of para-hydroxylation sites is 3. The van der Waals surface area contributed by atoms with Crippen molar-refractivity contribution in [2.24, 2.45) is 5.73 Å². The van der Waals surface area contributed by atoms with Crippen LogP contribution in [0.25, 0.3) is 49.8 Å². The summed E-state index contributed by atoms with van der Waals surface area (Å²) < 4.78 is 34.6. The largest absolute Gasteiger partial charge is 1.00 e. The number of anilines is 4. The summed E-state index contributed by atoms with van der Waals surface area (Å²) in [5.74, 6) is -2.02. The molecule has 10 aromatic carbocycles. The van der Waals surface area contributed by atoms with Crippen molar-refractivity contribution < 1.29 is 155 Å². The molecular weight excluding hydrogens is 1990 g/mol. The average molecular weight is 2090 g/mol. The van der Waals surface area contributed by atoms with Crippen LogP contribution in [0.4, 0.5) is 32.5 Å². The number of nitrogen functional groups attached to an aromatic ring is 1. The number of rotatable bonds is 13. The minimum absolute atomic E-state index is 0. The van der Waals surface area contributed by atoms with E-state index in [1.165, 1.54) is 59.3 Å². The monoisotopic (exact) mass is 2080 g/mol. The number of nitrogens with one attached hydrogen (secondary N) is 6. The SMILES string of the molecule is CC(C)(C)[O-].COC(=O)c1cccc(-n2c(=O)[nH]c(=O)c3ccccc32)c1.COC(=O)c1cccc(N)c1.COC(=O)c1cccc(NC(=O)NC(=O)c2ccccc2Br)c1.NC(=O)c1ccccc1Br.O=C(O)c1cccc(-n2c(=O)[nH]c(=O)c3ccccc32)c1.O=C(c1cccc(-n2c(=O)[nH]c(=O)c3ccccc32)c1)N1CCN(c2ncccn2)CC1.[2H]CF.[K+].[Na+].[OH-].c1cnc(N2CCNCC2)nc1. The van der Waals surface area contributed by atoms with Crippen molar-refractivity contribution in [2.75, 3.05) is 102 Å². The summed E-state index contributed by atoms with van der Waals surface area (Å²) in [6.07, 6.45) is 6.97. The van der Waals surface area contributed by atoms with Gasteiger partial charge in [0, 0.05) is 103 Å². The number of amides is 5. The van der Waals surface area contributed by atoms with Crippen LogP contribution in [0.3, 0.4) is 0 Å². The number of methoxy groups -OCH3 is 3. The molecule has 0 unspecified atom stereocenters. The fraction of sp³-hybridized carbons (Fsp3) is 0.163. The molecule has 5 aromatic heterocycles. The molecule has 2 saturated heterocycles. The number of imide groups is 1. The molecule has 0 bridgehead atoms. The van der Waals surface area contributed by atoms with Crippen LogP contribution in [0.2, 0.25) is 0 Å². The number of aromatic amines is 3. The van der Waals surface area contributed by atoms with Gasteiger partial charge in [-0.2, -0.15) is 0 Å². The van der Waals surface area contributed by atoms with E-state index in [1.54, 1.807) is 269 Å². The number of primary amides is 1. The van der Waals surface area contributed by atoms with Crippen LogP contribution in [0.5, 0.6) is 0 Å². The second-order valence-corrected chi connectivity index (χ2v) is 31.6. The molecule has 15 aromatic rings. The second-order valence-electron chi connectivity index (χ2n) is 29.9. The van der Waals surface area contributed by atoms with Crippen molar-refractivity contribution in [3.8, 4) is 17.1 Å². The van der Waals surface area contributed by atoms with Crippen molar-refractivity contribution in [3.05, 3.63) is 390 Å². The van der Waals surface area contributed by atoms with E-state index in [0.29, 0.717) is 131 Å². The maximum Gasteiger partial charge on any atom is 1.00 e. The third-order valence-electron chi connectivity index (χ3n) is 19.4. The van der Waals surface area contributed by atoms with Gasteiger partial charge in [0.05, 0.1) is 113 Å². The number of carboxylic acids is 1. The summed E-state index contributed by atoms with van der Waals surface area (Å²) >= 11 is 6.44. The van der Waals surface area contributed by atoms with Crippen molar-refractivity contribution in [1.82, 2.24) is 64.1 Å². The number of ether oxygens (including phenoxy) is 3. The van der Waals surface area contributed by atoms with E-state index in [1.807, 2.05) is 17.0 Å². The number of piperazine rings is 2. The molecule has 17 rings (SSSR count). The van der Waals surface area contributed by atoms with Crippen molar-refractivity contribution >= 4 is 135 Å². The molecule has 2 fully saturated rings. The number of nitrogens with zero attached hydrogens (tertiary/aromatic N) is 10. The zero-order valence-corrected chi connectivity index (χ0v) is 85.7. The summed E-state index contributed by atoms with van der Waals surface area (Å²) in [6.45, 7) is 11.3. The van der Waals surface area contributed by atoms with Gasteiger partial charge in [-0.05, 0) is 196 Å². The van der Waals surface area contributed by atoms with Gasteiger partial charge < -0.3 is 66.7 Å². The summed E-state index contributed by atoms with van der Waals surface area (Å²) in [7, 11) is 2.90. The molecule has 43 heteroatoms. The van der Waals surface area contributed by atoms with Crippen molar-refractivity contribution in [3.63, 3.8) is 0 Å². The normalized spacial score (nSPS) is 11.5. The maximum absolute atomic E-state index is 13.2. The Labute approximate surface area is 887 Å². The molecule has 12 N–H and O–H groups in total. The number of nitrogens with two attached hydrogens (primary N) is 2. The van der Waals surface area contributed by atoms with Gasteiger partial charge in [0.15, 0.2) is 0 Å². The molecule has 0 radical (unpaired) electrons. The molecule has 0 aliphatic carbocycles. The fourth-order valence-electron chi connectivity index (χ4n) is 13.1.